The summed E-state index contributed by atoms with van der Waals surface area (Å²) in [6.45, 7) is 9.08. The van der Waals surface area contributed by atoms with Crippen molar-refractivity contribution in [3.63, 3.8) is 0 Å². The molecule has 1 heterocycles. The van der Waals surface area contributed by atoms with Crippen LogP contribution in [0.25, 0.3) is 0 Å². The molecule has 1 aromatic heterocycles. The summed E-state index contributed by atoms with van der Waals surface area (Å²) >= 11 is 6.28. The zero-order chi connectivity index (χ0) is 14.9. The van der Waals surface area contributed by atoms with E-state index in [0.29, 0.717) is 11.6 Å². The van der Waals surface area contributed by atoms with Crippen LogP contribution in [-0.2, 0) is 13.2 Å². The molecule has 0 aliphatic rings. The Morgan fingerprint density at radius 3 is 2.40 bits per heavy atom. The van der Waals surface area contributed by atoms with Gasteiger partial charge in [-0.3, -0.25) is 4.68 Å². The van der Waals surface area contributed by atoms with E-state index in [1.54, 1.807) is 0 Å². The van der Waals surface area contributed by atoms with Crippen molar-refractivity contribution >= 4 is 17.3 Å². The number of ether oxygens (including phenoxy) is 1. The number of nitrogen functional groups attached to an aromatic ring is 1. The van der Waals surface area contributed by atoms with Crippen molar-refractivity contribution in [3.05, 3.63) is 39.7 Å². The summed E-state index contributed by atoms with van der Waals surface area (Å²) in [6, 6.07) is 3.82. The number of benzene rings is 1. The summed E-state index contributed by atoms with van der Waals surface area (Å²) in [5.41, 5.74) is 10.4. The van der Waals surface area contributed by atoms with E-state index >= 15 is 0 Å². The number of nitrogens with zero attached hydrogens (tertiary/aromatic N) is 2. The van der Waals surface area contributed by atoms with E-state index in [0.717, 1.165) is 40.5 Å². The number of anilines is 1. The third-order valence-corrected chi connectivity index (χ3v) is 3.78. The van der Waals surface area contributed by atoms with Gasteiger partial charge in [-0.05, 0) is 51.0 Å². The quantitative estimate of drug-likeness (QED) is 0.876. The highest BCUT2D eigenvalue weighted by Crippen LogP contribution is 2.28. The highest BCUT2D eigenvalue weighted by Gasteiger charge is 2.14. The SMILES string of the molecule is CCn1nc(C)c(Cl)c1COc1c(C)cc(N)cc1C. The monoisotopic (exact) mass is 293 g/mol. The molecule has 0 radical (unpaired) electrons. The van der Waals surface area contributed by atoms with E-state index in [9.17, 15) is 0 Å². The van der Waals surface area contributed by atoms with Crippen molar-refractivity contribution in [2.45, 2.75) is 40.8 Å². The van der Waals surface area contributed by atoms with Gasteiger partial charge in [0.1, 0.15) is 12.4 Å². The van der Waals surface area contributed by atoms with Gasteiger partial charge in [0.25, 0.3) is 0 Å². The van der Waals surface area contributed by atoms with Crippen molar-refractivity contribution in [3.8, 4) is 5.75 Å². The molecule has 0 saturated carbocycles. The summed E-state index contributed by atoms with van der Waals surface area (Å²) in [7, 11) is 0. The van der Waals surface area contributed by atoms with Crippen molar-refractivity contribution < 1.29 is 4.74 Å². The number of nitrogens with two attached hydrogens (primary N) is 1. The Kier molecular flexibility index (Phi) is 4.23. The van der Waals surface area contributed by atoms with Crippen molar-refractivity contribution in [1.29, 1.82) is 0 Å². The van der Waals surface area contributed by atoms with Crippen LogP contribution in [0.15, 0.2) is 12.1 Å². The van der Waals surface area contributed by atoms with Crippen molar-refractivity contribution in [2.75, 3.05) is 5.73 Å². The second-order valence-corrected chi connectivity index (χ2v) is 5.31. The van der Waals surface area contributed by atoms with E-state index in [4.69, 9.17) is 22.1 Å². The standard InChI is InChI=1S/C15H20ClN3O/c1-5-19-13(14(16)11(4)18-19)8-20-15-9(2)6-12(17)7-10(15)3/h6-7H,5,8,17H2,1-4H3. The van der Waals surface area contributed by atoms with Crippen LogP contribution < -0.4 is 10.5 Å². The minimum atomic E-state index is 0.402. The molecule has 0 atom stereocenters. The molecule has 0 spiro atoms. The highest BCUT2D eigenvalue weighted by atomic mass is 35.5. The summed E-state index contributed by atoms with van der Waals surface area (Å²) in [6.07, 6.45) is 0. The first kappa shape index (κ1) is 14.7. The third kappa shape index (κ3) is 2.75. The lowest BCUT2D eigenvalue weighted by atomic mass is 10.1. The lowest BCUT2D eigenvalue weighted by Gasteiger charge is -2.14. The zero-order valence-electron chi connectivity index (χ0n) is 12.3. The Hall–Kier alpha value is -1.68. The lowest BCUT2D eigenvalue weighted by Crippen LogP contribution is -2.07. The van der Waals surface area contributed by atoms with E-state index in [1.165, 1.54) is 0 Å². The molecule has 0 saturated heterocycles. The zero-order valence-corrected chi connectivity index (χ0v) is 13.1. The Morgan fingerprint density at radius 2 is 1.85 bits per heavy atom. The van der Waals surface area contributed by atoms with Gasteiger partial charge < -0.3 is 10.5 Å². The second-order valence-electron chi connectivity index (χ2n) is 4.93. The molecule has 4 nitrogen and oxygen atoms in total. The molecule has 2 aromatic rings. The molecule has 0 aliphatic carbocycles. The summed E-state index contributed by atoms with van der Waals surface area (Å²) in [5, 5.41) is 5.06. The first-order valence-corrected chi connectivity index (χ1v) is 7.03. The van der Waals surface area contributed by atoms with E-state index in [2.05, 4.69) is 5.10 Å². The molecule has 0 unspecified atom stereocenters. The maximum Gasteiger partial charge on any atom is 0.131 e. The van der Waals surface area contributed by atoms with Gasteiger partial charge in [0.05, 0.1) is 16.4 Å². The van der Waals surface area contributed by atoms with E-state index in [-0.39, 0.29) is 0 Å². The normalized spacial score (nSPS) is 10.8. The van der Waals surface area contributed by atoms with Gasteiger partial charge in [0, 0.05) is 12.2 Å². The fraction of sp³-hybridized carbons (Fsp3) is 0.400. The van der Waals surface area contributed by atoms with Crippen LogP contribution in [-0.4, -0.2) is 9.78 Å². The third-order valence-electron chi connectivity index (χ3n) is 3.29. The summed E-state index contributed by atoms with van der Waals surface area (Å²) < 4.78 is 7.82. The predicted molar refractivity (Wildman–Crippen MR) is 82.3 cm³/mol. The molecular weight excluding hydrogens is 274 g/mol. The Balaban J connectivity index is 2.26. The first-order chi connectivity index (χ1) is 9.43. The van der Waals surface area contributed by atoms with Gasteiger partial charge in [-0.2, -0.15) is 5.10 Å². The Bertz CT molecular complexity index is 611. The summed E-state index contributed by atoms with van der Waals surface area (Å²) in [4.78, 5) is 0. The van der Waals surface area contributed by atoms with Crippen molar-refractivity contribution in [2.24, 2.45) is 0 Å². The van der Waals surface area contributed by atoms with E-state index in [1.807, 2.05) is 44.5 Å². The largest absolute Gasteiger partial charge is 0.487 e. The molecule has 20 heavy (non-hydrogen) atoms. The molecule has 0 fully saturated rings. The van der Waals surface area contributed by atoms with Gasteiger partial charge >= 0.3 is 0 Å². The van der Waals surface area contributed by atoms with Crippen molar-refractivity contribution in [1.82, 2.24) is 9.78 Å². The number of aryl methyl sites for hydroxylation is 4. The fourth-order valence-corrected chi connectivity index (χ4v) is 2.55. The molecular formula is C15H20ClN3O. The van der Waals surface area contributed by atoms with Crippen LogP contribution in [0.5, 0.6) is 5.75 Å². The average Bonchev–Trinajstić information content (AvgIpc) is 2.64. The van der Waals surface area contributed by atoms with Gasteiger partial charge in [-0.15, -0.1) is 0 Å². The van der Waals surface area contributed by atoms with Crippen LogP contribution in [0.3, 0.4) is 0 Å². The van der Waals surface area contributed by atoms with Gasteiger partial charge in [-0.1, -0.05) is 11.6 Å². The number of halogens is 1. The maximum absolute atomic E-state index is 6.28. The predicted octanol–water partition coefficient (Wildman–Crippen LogP) is 3.64. The lowest BCUT2D eigenvalue weighted by molar-refractivity contribution is 0.289. The summed E-state index contributed by atoms with van der Waals surface area (Å²) in [5.74, 6) is 0.858. The van der Waals surface area contributed by atoms with Gasteiger partial charge in [0.2, 0.25) is 0 Å². The van der Waals surface area contributed by atoms with Gasteiger partial charge in [0.15, 0.2) is 0 Å². The number of rotatable bonds is 4. The minimum Gasteiger partial charge on any atom is -0.487 e. The molecule has 2 rings (SSSR count). The number of aromatic nitrogens is 2. The maximum atomic E-state index is 6.28. The van der Waals surface area contributed by atoms with Crippen LogP contribution >= 0.6 is 11.6 Å². The van der Waals surface area contributed by atoms with Crippen LogP contribution in [0, 0.1) is 20.8 Å². The fourth-order valence-electron chi connectivity index (χ4n) is 2.36. The molecule has 2 N–H and O–H groups in total. The van der Waals surface area contributed by atoms with Crippen LogP contribution in [0.4, 0.5) is 5.69 Å². The molecule has 1 aromatic carbocycles. The molecule has 108 valence electrons. The van der Waals surface area contributed by atoms with Gasteiger partial charge in [-0.25, -0.2) is 0 Å². The second kappa shape index (κ2) is 5.75. The molecule has 0 bridgehead atoms. The van der Waals surface area contributed by atoms with Crippen LogP contribution in [0.2, 0.25) is 5.02 Å². The topological polar surface area (TPSA) is 53.1 Å². The molecule has 0 amide bonds. The number of hydrogen-bond donors (Lipinski definition) is 1. The Morgan fingerprint density at radius 1 is 1.25 bits per heavy atom. The Labute approximate surface area is 124 Å². The highest BCUT2D eigenvalue weighted by molar-refractivity contribution is 6.31. The van der Waals surface area contributed by atoms with E-state index < -0.39 is 0 Å². The minimum absolute atomic E-state index is 0.402. The molecule has 5 heteroatoms. The number of hydrogen-bond acceptors (Lipinski definition) is 3. The average molecular weight is 294 g/mol. The molecule has 0 aliphatic heterocycles. The van der Waals surface area contributed by atoms with Crippen LogP contribution in [0.1, 0.15) is 29.4 Å². The smallest absolute Gasteiger partial charge is 0.131 e. The first-order valence-electron chi connectivity index (χ1n) is 6.65.